The van der Waals surface area contributed by atoms with Crippen LogP contribution in [0.3, 0.4) is 0 Å². The number of para-hydroxylation sites is 2. The van der Waals surface area contributed by atoms with Crippen molar-refractivity contribution in [1.82, 2.24) is 4.90 Å². The lowest BCUT2D eigenvalue weighted by Crippen LogP contribution is -2.52. The highest BCUT2D eigenvalue weighted by Crippen LogP contribution is 2.37. The number of rotatable bonds is 5. The Hall–Kier alpha value is -2.94. The normalized spacial score (nSPS) is 16.8. The van der Waals surface area contributed by atoms with E-state index in [4.69, 9.17) is 0 Å². The summed E-state index contributed by atoms with van der Waals surface area (Å²) >= 11 is 0. The van der Waals surface area contributed by atoms with E-state index in [2.05, 4.69) is 5.32 Å². The van der Waals surface area contributed by atoms with E-state index in [1.165, 1.54) is 36.4 Å². The topological polar surface area (TPSA) is 52.7 Å². The third-order valence-electron chi connectivity index (χ3n) is 4.88. The molecule has 0 radical (unpaired) electrons. The SMILES string of the molecule is CCN(CC(=O)N1c2ccccc2NC(=O)CC1C(F)(F)F)Cc1cccc(F)c1. The van der Waals surface area contributed by atoms with Crippen molar-refractivity contribution in [2.45, 2.75) is 32.1 Å². The second-order valence-corrected chi connectivity index (χ2v) is 7.02. The van der Waals surface area contributed by atoms with E-state index in [9.17, 15) is 27.2 Å². The Bertz CT molecular complexity index is 932. The Kier molecular flexibility index (Phi) is 6.40. The molecule has 2 amide bonds. The fourth-order valence-electron chi connectivity index (χ4n) is 3.44. The maximum absolute atomic E-state index is 13.8. The number of carbonyl (C=O) groups is 2. The number of anilines is 2. The van der Waals surface area contributed by atoms with Crippen LogP contribution < -0.4 is 10.2 Å². The first kappa shape index (κ1) is 21.8. The van der Waals surface area contributed by atoms with Crippen molar-refractivity contribution in [2.24, 2.45) is 0 Å². The molecule has 0 aromatic heterocycles. The van der Waals surface area contributed by atoms with Gasteiger partial charge in [0.15, 0.2) is 0 Å². The van der Waals surface area contributed by atoms with Crippen LogP contribution in [-0.2, 0) is 16.1 Å². The second kappa shape index (κ2) is 8.83. The first-order valence-electron chi connectivity index (χ1n) is 9.43. The number of amides is 2. The molecule has 1 aliphatic heterocycles. The molecule has 3 rings (SSSR count). The maximum atomic E-state index is 13.8. The van der Waals surface area contributed by atoms with Crippen LogP contribution in [-0.4, -0.2) is 42.0 Å². The molecule has 160 valence electrons. The Morgan fingerprint density at radius 1 is 1.20 bits per heavy atom. The number of halogens is 4. The quantitative estimate of drug-likeness (QED) is 0.741. The summed E-state index contributed by atoms with van der Waals surface area (Å²) in [6, 6.07) is 9.44. The number of nitrogens with one attached hydrogen (secondary N) is 1. The maximum Gasteiger partial charge on any atom is 0.409 e. The molecule has 0 spiro atoms. The average Bonchev–Trinajstić information content (AvgIpc) is 2.83. The first-order chi connectivity index (χ1) is 14.2. The highest BCUT2D eigenvalue weighted by molar-refractivity contribution is 6.05. The molecule has 0 aliphatic carbocycles. The van der Waals surface area contributed by atoms with Gasteiger partial charge in [0.1, 0.15) is 11.9 Å². The zero-order valence-electron chi connectivity index (χ0n) is 16.2. The van der Waals surface area contributed by atoms with Crippen molar-refractivity contribution in [1.29, 1.82) is 0 Å². The molecule has 9 heteroatoms. The summed E-state index contributed by atoms with van der Waals surface area (Å²) in [5, 5.41) is 2.43. The minimum absolute atomic E-state index is 0.00233. The monoisotopic (exact) mass is 423 g/mol. The van der Waals surface area contributed by atoms with E-state index in [0.29, 0.717) is 17.0 Å². The van der Waals surface area contributed by atoms with Crippen LogP contribution in [0, 0.1) is 5.82 Å². The molecule has 1 N–H and O–H groups in total. The van der Waals surface area contributed by atoms with E-state index in [1.54, 1.807) is 24.0 Å². The van der Waals surface area contributed by atoms with Gasteiger partial charge in [-0.25, -0.2) is 4.39 Å². The van der Waals surface area contributed by atoms with E-state index >= 15 is 0 Å². The summed E-state index contributed by atoms with van der Waals surface area (Å²) in [7, 11) is 0. The number of hydrogen-bond acceptors (Lipinski definition) is 3. The molecule has 0 saturated heterocycles. The number of nitrogens with zero attached hydrogens (tertiary/aromatic N) is 2. The molecule has 0 fully saturated rings. The largest absolute Gasteiger partial charge is 0.409 e. The van der Waals surface area contributed by atoms with Crippen molar-refractivity contribution < 1.29 is 27.2 Å². The summed E-state index contributed by atoms with van der Waals surface area (Å²) < 4.78 is 54.8. The molecule has 1 heterocycles. The van der Waals surface area contributed by atoms with Crippen molar-refractivity contribution in [3.05, 3.63) is 59.9 Å². The van der Waals surface area contributed by atoms with E-state index in [0.717, 1.165) is 0 Å². The lowest BCUT2D eigenvalue weighted by molar-refractivity contribution is -0.158. The Labute approximate surface area is 171 Å². The lowest BCUT2D eigenvalue weighted by atomic mass is 10.1. The third-order valence-corrected chi connectivity index (χ3v) is 4.88. The molecule has 2 aromatic rings. The van der Waals surface area contributed by atoms with E-state index < -0.39 is 36.3 Å². The predicted molar refractivity (Wildman–Crippen MR) is 104 cm³/mol. The average molecular weight is 423 g/mol. The molecule has 1 unspecified atom stereocenters. The van der Waals surface area contributed by atoms with Gasteiger partial charge in [0.2, 0.25) is 11.8 Å². The zero-order chi connectivity index (χ0) is 21.9. The Morgan fingerprint density at radius 3 is 2.60 bits per heavy atom. The van der Waals surface area contributed by atoms with Gasteiger partial charge in [-0.3, -0.25) is 19.4 Å². The first-order valence-corrected chi connectivity index (χ1v) is 9.43. The van der Waals surface area contributed by atoms with Crippen LogP contribution in [0.4, 0.5) is 28.9 Å². The van der Waals surface area contributed by atoms with Crippen LogP contribution in [0.5, 0.6) is 0 Å². The minimum atomic E-state index is -4.79. The molecule has 0 bridgehead atoms. The standard InChI is InChI=1S/C21H21F4N3O2/c1-2-27(12-14-6-5-7-15(22)10-14)13-20(30)28-17-9-4-3-8-16(17)26-19(29)11-18(28)21(23,24)25/h3-10,18H,2,11-13H2,1H3,(H,26,29). The number of hydrogen-bond donors (Lipinski definition) is 1. The van der Waals surface area contributed by atoms with Gasteiger partial charge in [0, 0.05) is 6.54 Å². The third kappa shape index (κ3) is 4.96. The summed E-state index contributed by atoms with van der Waals surface area (Å²) in [6.45, 7) is 2.01. The van der Waals surface area contributed by atoms with Crippen molar-refractivity contribution in [3.8, 4) is 0 Å². The second-order valence-electron chi connectivity index (χ2n) is 7.02. The Balaban J connectivity index is 1.91. The van der Waals surface area contributed by atoms with E-state index in [-0.39, 0.29) is 24.5 Å². The summed E-state index contributed by atoms with van der Waals surface area (Å²) in [4.78, 5) is 27.4. The molecule has 30 heavy (non-hydrogen) atoms. The van der Waals surface area contributed by atoms with Gasteiger partial charge in [-0.15, -0.1) is 0 Å². The molecule has 2 aromatic carbocycles. The fourth-order valence-corrected chi connectivity index (χ4v) is 3.44. The van der Waals surface area contributed by atoms with Crippen molar-refractivity contribution in [2.75, 3.05) is 23.3 Å². The fraction of sp³-hybridized carbons (Fsp3) is 0.333. The summed E-state index contributed by atoms with van der Waals surface area (Å²) in [6.07, 6.45) is -5.68. The van der Waals surface area contributed by atoms with E-state index in [1.807, 2.05) is 0 Å². The van der Waals surface area contributed by atoms with Crippen LogP contribution >= 0.6 is 0 Å². The number of carbonyl (C=O) groups excluding carboxylic acids is 2. The lowest BCUT2D eigenvalue weighted by Gasteiger charge is -2.33. The van der Waals surface area contributed by atoms with Gasteiger partial charge in [-0.2, -0.15) is 13.2 Å². The van der Waals surface area contributed by atoms with Gasteiger partial charge in [-0.05, 0) is 36.4 Å². The molecule has 1 aliphatic rings. The predicted octanol–water partition coefficient (Wildman–Crippen LogP) is 3.95. The minimum Gasteiger partial charge on any atom is -0.324 e. The highest BCUT2D eigenvalue weighted by Gasteiger charge is 2.49. The number of likely N-dealkylation sites (N-methyl/N-ethyl adjacent to an activating group) is 1. The van der Waals surface area contributed by atoms with Crippen molar-refractivity contribution in [3.63, 3.8) is 0 Å². The molecule has 0 saturated carbocycles. The van der Waals surface area contributed by atoms with Gasteiger partial charge in [-0.1, -0.05) is 31.2 Å². The van der Waals surface area contributed by atoms with Gasteiger partial charge < -0.3 is 5.32 Å². The molecule has 5 nitrogen and oxygen atoms in total. The van der Waals surface area contributed by atoms with Crippen LogP contribution in [0.25, 0.3) is 0 Å². The van der Waals surface area contributed by atoms with Crippen LogP contribution in [0.2, 0.25) is 0 Å². The molecule has 1 atom stereocenters. The van der Waals surface area contributed by atoms with Gasteiger partial charge in [0.25, 0.3) is 0 Å². The van der Waals surface area contributed by atoms with Gasteiger partial charge >= 0.3 is 6.18 Å². The smallest absolute Gasteiger partial charge is 0.324 e. The summed E-state index contributed by atoms with van der Waals surface area (Å²) in [5.41, 5.74) is 0.749. The number of alkyl halides is 3. The molecular weight excluding hydrogens is 402 g/mol. The number of benzene rings is 2. The van der Waals surface area contributed by atoms with Gasteiger partial charge in [0.05, 0.1) is 24.3 Å². The van der Waals surface area contributed by atoms with Crippen molar-refractivity contribution >= 4 is 23.2 Å². The van der Waals surface area contributed by atoms with Crippen LogP contribution in [0.15, 0.2) is 48.5 Å². The zero-order valence-corrected chi connectivity index (χ0v) is 16.2. The highest BCUT2D eigenvalue weighted by atomic mass is 19.4. The molecular formula is C21H21F4N3O2. The van der Waals surface area contributed by atoms with Crippen LogP contribution in [0.1, 0.15) is 18.9 Å². The Morgan fingerprint density at radius 2 is 1.93 bits per heavy atom. The number of fused-ring (bicyclic) bond motifs is 1. The summed E-state index contributed by atoms with van der Waals surface area (Å²) in [5.74, 6) is -2.04.